The predicted molar refractivity (Wildman–Crippen MR) is 92.5 cm³/mol. The molecule has 2 heterocycles. The lowest BCUT2D eigenvalue weighted by molar-refractivity contribution is -0.137. The minimum Gasteiger partial charge on any atom is -0.480 e. The number of aliphatic carboxylic acids is 1. The van der Waals surface area contributed by atoms with Crippen LogP contribution in [0.1, 0.15) is 40.5 Å². The van der Waals surface area contributed by atoms with Gasteiger partial charge in [0.1, 0.15) is 18.1 Å². The number of rotatable bonds is 6. The van der Waals surface area contributed by atoms with Gasteiger partial charge in [-0.2, -0.15) is 0 Å². The van der Waals surface area contributed by atoms with Gasteiger partial charge in [-0.3, -0.25) is 14.6 Å². The number of hydrogen-bond acceptors (Lipinski definition) is 5. The summed E-state index contributed by atoms with van der Waals surface area (Å²) in [7, 11) is 0. The molecule has 1 aliphatic rings. The average molecular weight is 369 g/mol. The van der Waals surface area contributed by atoms with E-state index in [0.29, 0.717) is 28.1 Å². The molecule has 2 aromatic heterocycles. The highest BCUT2D eigenvalue weighted by Crippen LogP contribution is 2.40. The lowest BCUT2D eigenvalue weighted by Gasteiger charge is -2.09. The second kappa shape index (κ2) is 6.75. The van der Waals surface area contributed by atoms with Gasteiger partial charge in [0.2, 0.25) is 0 Å². The SMILES string of the molecule is O=C(O)Cn1cc(CNC(=O)c2cc(C3CC3)nc3ccc(F)cc23)nn1. The minimum atomic E-state index is -1.03. The number of nitrogens with one attached hydrogen (secondary N) is 1. The van der Waals surface area contributed by atoms with Crippen LogP contribution in [0.25, 0.3) is 10.9 Å². The zero-order valence-electron chi connectivity index (χ0n) is 14.2. The van der Waals surface area contributed by atoms with Gasteiger partial charge in [-0.25, -0.2) is 9.07 Å². The zero-order valence-corrected chi connectivity index (χ0v) is 14.2. The van der Waals surface area contributed by atoms with Crippen LogP contribution in [0.4, 0.5) is 4.39 Å². The normalized spacial score (nSPS) is 13.7. The number of fused-ring (bicyclic) bond motifs is 1. The number of nitrogens with zero attached hydrogens (tertiary/aromatic N) is 4. The van der Waals surface area contributed by atoms with Gasteiger partial charge in [-0.05, 0) is 37.1 Å². The molecular formula is C18H16FN5O3. The fourth-order valence-corrected chi connectivity index (χ4v) is 2.90. The van der Waals surface area contributed by atoms with E-state index in [4.69, 9.17) is 5.11 Å². The van der Waals surface area contributed by atoms with Crippen LogP contribution in [0, 0.1) is 5.82 Å². The highest BCUT2D eigenvalue weighted by molar-refractivity contribution is 6.06. The van der Waals surface area contributed by atoms with Crippen LogP contribution in [-0.4, -0.2) is 37.0 Å². The molecule has 138 valence electrons. The highest BCUT2D eigenvalue weighted by atomic mass is 19.1. The number of halogens is 1. The van der Waals surface area contributed by atoms with Crippen LogP contribution in [0.5, 0.6) is 0 Å². The maximum atomic E-state index is 13.7. The Kier molecular flexibility index (Phi) is 4.27. The van der Waals surface area contributed by atoms with Crippen LogP contribution < -0.4 is 5.32 Å². The second-order valence-corrected chi connectivity index (χ2v) is 6.51. The van der Waals surface area contributed by atoms with Crippen molar-refractivity contribution in [2.75, 3.05) is 0 Å². The molecule has 1 aromatic carbocycles. The monoisotopic (exact) mass is 369 g/mol. The zero-order chi connectivity index (χ0) is 19.0. The number of amides is 1. The molecule has 8 nitrogen and oxygen atoms in total. The Morgan fingerprint density at radius 2 is 2.11 bits per heavy atom. The highest BCUT2D eigenvalue weighted by Gasteiger charge is 2.27. The molecule has 1 saturated carbocycles. The third-order valence-electron chi connectivity index (χ3n) is 4.34. The molecule has 27 heavy (non-hydrogen) atoms. The van der Waals surface area contributed by atoms with E-state index in [-0.39, 0.29) is 19.0 Å². The van der Waals surface area contributed by atoms with Crippen LogP contribution >= 0.6 is 0 Å². The predicted octanol–water partition coefficient (Wildman–Crippen LogP) is 1.86. The van der Waals surface area contributed by atoms with Crippen LogP contribution in [-0.2, 0) is 17.9 Å². The third kappa shape index (κ3) is 3.76. The number of carboxylic acids is 1. The summed E-state index contributed by atoms with van der Waals surface area (Å²) in [5.74, 6) is -1.49. The van der Waals surface area contributed by atoms with Crippen molar-refractivity contribution in [3.8, 4) is 0 Å². The molecule has 0 saturated heterocycles. The molecule has 0 spiro atoms. The number of carbonyl (C=O) groups excluding carboxylic acids is 1. The van der Waals surface area contributed by atoms with Crippen molar-refractivity contribution >= 4 is 22.8 Å². The number of hydrogen-bond donors (Lipinski definition) is 2. The Bertz CT molecular complexity index is 1040. The minimum absolute atomic E-state index is 0.0797. The fourth-order valence-electron chi connectivity index (χ4n) is 2.90. The molecule has 0 atom stereocenters. The first kappa shape index (κ1) is 17.1. The van der Waals surface area contributed by atoms with E-state index in [1.54, 1.807) is 12.1 Å². The van der Waals surface area contributed by atoms with Crippen LogP contribution in [0.15, 0.2) is 30.5 Å². The molecule has 3 aromatic rings. The van der Waals surface area contributed by atoms with Crippen molar-refractivity contribution in [3.63, 3.8) is 0 Å². The maximum Gasteiger partial charge on any atom is 0.325 e. The lowest BCUT2D eigenvalue weighted by Crippen LogP contribution is -2.23. The van der Waals surface area contributed by atoms with Gasteiger partial charge in [0.25, 0.3) is 5.91 Å². The van der Waals surface area contributed by atoms with Gasteiger partial charge < -0.3 is 10.4 Å². The number of benzene rings is 1. The van der Waals surface area contributed by atoms with E-state index >= 15 is 0 Å². The molecular weight excluding hydrogens is 353 g/mol. The average Bonchev–Trinajstić information content (AvgIpc) is 3.39. The summed E-state index contributed by atoms with van der Waals surface area (Å²) in [6.45, 7) is -0.226. The number of aromatic nitrogens is 4. The summed E-state index contributed by atoms with van der Waals surface area (Å²) in [4.78, 5) is 27.9. The Labute approximate surface area is 153 Å². The van der Waals surface area contributed by atoms with Crippen molar-refractivity contribution < 1.29 is 19.1 Å². The van der Waals surface area contributed by atoms with Crippen molar-refractivity contribution in [2.45, 2.75) is 31.8 Å². The topological polar surface area (TPSA) is 110 Å². The van der Waals surface area contributed by atoms with Gasteiger partial charge in [0, 0.05) is 17.0 Å². The Hall–Kier alpha value is -3.36. The maximum absolute atomic E-state index is 13.7. The van der Waals surface area contributed by atoms with E-state index in [0.717, 1.165) is 18.5 Å². The largest absolute Gasteiger partial charge is 0.480 e. The van der Waals surface area contributed by atoms with Gasteiger partial charge in [-0.1, -0.05) is 5.21 Å². The lowest BCUT2D eigenvalue weighted by atomic mass is 10.0. The van der Waals surface area contributed by atoms with Gasteiger partial charge >= 0.3 is 5.97 Å². The molecule has 2 N–H and O–H groups in total. The van der Waals surface area contributed by atoms with Crippen LogP contribution in [0.2, 0.25) is 0 Å². The summed E-state index contributed by atoms with van der Waals surface area (Å²) in [5.41, 5.74) is 2.21. The standard InChI is InChI=1S/C18H16FN5O3/c19-11-3-4-15-13(5-11)14(6-16(21-15)10-1-2-10)18(27)20-7-12-8-24(23-22-12)9-17(25)26/h3-6,8,10H,1-2,7,9H2,(H,20,27)(H,25,26). The Morgan fingerprint density at radius 1 is 1.30 bits per heavy atom. The van der Waals surface area contributed by atoms with Crippen molar-refractivity contribution in [3.05, 3.63) is 53.2 Å². The Morgan fingerprint density at radius 3 is 2.85 bits per heavy atom. The molecule has 1 amide bonds. The van der Waals surface area contributed by atoms with E-state index in [1.165, 1.54) is 23.0 Å². The van der Waals surface area contributed by atoms with Gasteiger partial charge in [0.05, 0.1) is 23.8 Å². The molecule has 0 bridgehead atoms. The summed E-state index contributed by atoms with van der Waals surface area (Å²) in [6, 6.07) is 5.92. The summed E-state index contributed by atoms with van der Waals surface area (Å²) in [6.07, 6.45) is 3.52. The fraction of sp³-hybridized carbons (Fsp3) is 0.278. The summed E-state index contributed by atoms with van der Waals surface area (Å²) >= 11 is 0. The van der Waals surface area contributed by atoms with Crippen molar-refractivity contribution in [2.24, 2.45) is 0 Å². The first-order valence-corrected chi connectivity index (χ1v) is 8.49. The van der Waals surface area contributed by atoms with E-state index in [9.17, 15) is 14.0 Å². The summed E-state index contributed by atoms with van der Waals surface area (Å²) < 4.78 is 14.9. The second-order valence-electron chi connectivity index (χ2n) is 6.51. The number of carbonyl (C=O) groups is 2. The molecule has 4 rings (SSSR count). The molecule has 0 unspecified atom stereocenters. The molecule has 0 aliphatic heterocycles. The van der Waals surface area contributed by atoms with E-state index in [1.807, 2.05) is 0 Å². The molecule has 0 radical (unpaired) electrons. The molecule has 1 aliphatic carbocycles. The smallest absolute Gasteiger partial charge is 0.325 e. The van der Waals surface area contributed by atoms with Crippen LogP contribution in [0.3, 0.4) is 0 Å². The first-order chi connectivity index (χ1) is 13.0. The van der Waals surface area contributed by atoms with E-state index < -0.39 is 11.8 Å². The Balaban J connectivity index is 1.57. The van der Waals surface area contributed by atoms with Gasteiger partial charge in [-0.15, -0.1) is 5.10 Å². The molecule has 1 fully saturated rings. The quantitative estimate of drug-likeness (QED) is 0.686. The third-order valence-corrected chi connectivity index (χ3v) is 4.34. The summed E-state index contributed by atoms with van der Waals surface area (Å²) in [5, 5.41) is 19.4. The van der Waals surface area contributed by atoms with Gasteiger partial charge in [0.15, 0.2) is 0 Å². The number of pyridine rings is 1. The number of carboxylic acid groups (broad SMARTS) is 1. The van der Waals surface area contributed by atoms with Crippen molar-refractivity contribution in [1.29, 1.82) is 0 Å². The molecule has 9 heteroatoms. The van der Waals surface area contributed by atoms with E-state index in [2.05, 4.69) is 20.6 Å². The van der Waals surface area contributed by atoms with Crippen molar-refractivity contribution in [1.82, 2.24) is 25.3 Å². The first-order valence-electron chi connectivity index (χ1n) is 8.49.